The molecule has 0 N–H and O–H groups in total. The summed E-state index contributed by atoms with van der Waals surface area (Å²) in [6.07, 6.45) is 2.20. The van der Waals surface area contributed by atoms with Crippen LogP contribution in [-0.2, 0) is 19.1 Å². The highest BCUT2D eigenvalue weighted by Gasteiger charge is 2.64. The smallest absolute Gasteiger partial charge is 0.311 e. The summed E-state index contributed by atoms with van der Waals surface area (Å²) in [6.45, 7) is 4.35. The lowest BCUT2D eigenvalue weighted by Gasteiger charge is -2.46. The predicted octanol–water partition coefficient (Wildman–Crippen LogP) is 3.39. The van der Waals surface area contributed by atoms with E-state index in [4.69, 9.17) is 9.47 Å². The van der Waals surface area contributed by atoms with Gasteiger partial charge in [-0.1, -0.05) is 36.4 Å². The zero-order chi connectivity index (χ0) is 23.9. The fourth-order valence-corrected chi connectivity index (χ4v) is 5.50. The summed E-state index contributed by atoms with van der Waals surface area (Å²) >= 11 is 0. The Balaban J connectivity index is 1.53. The molecule has 178 valence electrons. The minimum atomic E-state index is -1.20. The second-order valence-electron chi connectivity index (χ2n) is 9.51. The van der Waals surface area contributed by atoms with Gasteiger partial charge in [0.25, 0.3) is 11.8 Å². The predicted molar refractivity (Wildman–Crippen MR) is 126 cm³/mol. The molecule has 0 radical (unpaired) electrons. The van der Waals surface area contributed by atoms with E-state index in [-0.39, 0.29) is 37.5 Å². The zero-order valence-electron chi connectivity index (χ0n) is 19.6. The average Bonchev–Trinajstić information content (AvgIpc) is 3.61. The molecular formula is C27H30N2O5. The van der Waals surface area contributed by atoms with Crippen LogP contribution < -0.4 is 9.64 Å². The first-order valence-electron chi connectivity index (χ1n) is 12.0. The van der Waals surface area contributed by atoms with E-state index in [1.54, 1.807) is 30.9 Å². The Bertz CT molecular complexity index is 1100. The Morgan fingerprint density at radius 1 is 1.06 bits per heavy atom. The molecule has 1 aliphatic carbocycles. The maximum absolute atomic E-state index is 14.1. The van der Waals surface area contributed by atoms with Gasteiger partial charge in [0.15, 0.2) is 6.61 Å². The molecule has 2 aromatic rings. The van der Waals surface area contributed by atoms with Crippen LogP contribution in [0.2, 0.25) is 0 Å². The van der Waals surface area contributed by atoms with Gasteiger partial charge in [0, 0.05) is 24.7 Å². The van der Waals surface area contributed by atoms with Crippen LogP contribution in [0.5, 0.6) is 5.75 Å². The number of hydrogen-bond donors (Lipinski definition) is 0. The maximum atomic E-state index is 14.1. The molecule has 2 heterocycles. The van der Waals surface area contributed by atoms with Gasteiger partial charge in [0.05, 0.1) is 12.5 Å². The van der Waals surface area contributed by atoms with Gasteiger partial charge in [0.1, 0.15) is 11.3 Å². The van der Waals surface area contributed by atoms with Crippen molar-refractivity contribution in [2.24, 2.45) is 11.8 Å². The number of rotatable bonds is 7. The van der Waals surface area contributed by atoms with Crippen LogP contribution in [0.3, 0.4) is 0 Å². The largest absolute Gasteiger partial charge is 0.484 e. The third kappa shape index (κ3) is 3.73. The SMILES string of the molecule is CCOC(=O)[C@H]1CN(C(=O)COc2ccccc2)[C@]2(C)C(=O)N(CC3CC3)c3ccccc3[C@H]12. The highest BCUT2D eigenvalue weighted by Crippen LogP contribution is 2.53. The second kappa shape index (κ2) is 8.78. The maximum Gasteiger partial charge on any atom is 0.311 e. The molecule has 0 spiro atoms. The monoisotopic (exact) mass is 462 g/mol. The van der Waals surface area contributed by atoms with E-state index in [9.17, 15) is 14.4 Å². The standard InChI is InChI=1S/C27H30N2O5/c1-3-33-25(31)21-16-29(23(30)17-34-19-9-5-4-6-10-19)27(2)24(21)20-11-7-8-12-22(20)28(26(27)32)15-18-13-14-18/h4-12,18,21,24H,3,13-17H2,1-2H3/t21-,24+,27-/m0/s1. The second-order valence-corrected chi connectivity index (χ2v) is 9.51. The Morgan fingerprint density at radius 3 is 2.47 bits per heavy atom. The number of likely N-dealkylation sites (tertiary alicyclic amines) is 1. The van der Waals surface area contributed by atoms with Crippen LogP contribution >= 0.6 is 0 Å². The van der Waals surface area contributed by atoms with E-state index < -0.39 is 17.4 Å². The van der Waals surface area contributed by atoms with Crippen molar-refractivity contribution < 1.29 is 23.9 Å². The van der Waals surface area contributed by atoms with Gasteiger partial charge >= 0.3 is 5.97 Å². The minimum Gasteiger partial charge on any atom is -0.484 e. The normalized spacial score (nSPS) is 25.5. The fourth-order valence-electron chi connectivity index (χ4n) is 5.50. The Kier molecular flexibility index (Phi) is 5.80. The van der Waals surface area contributed by atoms with Gasteiger partial charge in [-0.05, 0) is 56.4 Å². The number of carbonyl (C=O) groups is 3. The van der Waals surface area contributed by atoms with E-state index >= 15 is 0 Å². The summed E-state index contributed by atoms with van der Waals surface area (Å²) in [7, 11) is 0. The summed E-state index contributed by atoms with van der Waals surface area (Å²) in [4.78, 5) is 44.0. The number of carbonyl (C=O) groups excluding carboxylic acids is 3. The van der Waals surface area contributed by atoms with Crippen molar-refractivity contribution in [3.05, 3.63) is 60.2 Å². The summed E-state index contributed by atoms with van der Waals surface area (Å²) < 4.78 is 11.1. The quantitative estimate of drug-likeness (QED) is 0.590. The van der Waals surface area contributed by atoms with Crippen molar-refractivity contribution in [3.63, 3.8) is 0 Å². The number of hydrogen-bond acceptors (Lipinski definition) is 5. The van der Waals surface area contributed by atoms with Gasteiger partial charge in [-0.3, -0.25) is 14.4 Å². The molecule has 2 fully saturated rings. The molecular weight excluding hydrogens is 432 g/mol. The molecule has 7 nitrogen and oxygen atoms in total. The summed E-state index contributed by atoms with van der Waals surface area (Å²) in [5, 5.41) is 0. The molecule has 5 rings (SSSR count). The number of anilines is 1. The third-order valence-electron chi connectivity index (χ3n) is 7.32. The van der Waals surface area contributed by atoms with E-state index in [0.29, 0.717) is 18.2 Å². The molecule has 2 aromatic carbocycles. The van der Waals surface area contributed by atoms with Crippen molar-refractivity contribution in [1.82, 2.24) is 4.90 Å². The fraction of sp³-hybridized carbons (Fsp3) is 0.444. The molecule has 2 aliphatic heterocycles. The van der Waals surface area contributed by atoms with E-state index in [1.807, 2.05) is 47.4 Å². The number of fused-ring (bicyclic) bond motifs is 3. The number of amides is 2. The lowest BCUT2D eigenvalue weighted by molar-refractivity contribution is -0.148. The molecule has 1 saturated heterocycles. The topological polar surface area (TPSA) is 76.1 Å². The Labute approximate surface area is 199 Å². The van der Waals surface area contributed by atoms with Crippen molar-refractivity contribution in [3.8, 4) is 5.75 Å². The van der Waals surface area contributed by atoms with E-state index in [0.717, 1.165) is 24.1 Å². The molecule has 2 amide bonds. The molecule has 0 bridgehead atoms. The molecule has 7 heteroatoms. The number of para-hydroxylation sites is 2. The van der Waals surface area contributed by atoms with Gasteiger partial charge < -0.3 is 19.3 Å². The lowest BCUT2D eigenvalue weighted by Crippen LogP contribution is -2.62. The first kappa shape index (κ1) is 22.4. The van der Waals surface area contributed by atoms with Gasteiger partial charge in [-0.25, -0.2) is 0 Å². The Hall–Kier alpha value is -3.35. The van der Waals surface area contributed by atoms with Gasteiger partial charge in [-0.2, -0.15) is 0 Å². The van der Waals surface area contributed by atoms with Crippen molar-refractivity contribution in [2.75, 3.05) is 31.2 Å². The molecule has 0 unspecified atom stereocenters. The number of ether oxygens (including phenoxy) is 2. The van der Waals surface area contributed by atoms with Gasteiger partial charge in [-0.15, -0.1) is 0 Å². The third-order valence-corrected chi connectivity index (χ3v) is 7.32. The first-order chi connectivity index (χ1) is 16.4. The molecule has 1 saturated carbocycles. The molecule has 0 aromatic heterocycles. The van der Waals surface area contributed by atoms with Crippen molar-refractivity contribution >= 4 is 23.5 Å². The lowest BCUT2D eigenvalue weighted by atomic mass is 9.72. The summed E-state index contributed by atoms with van der Waals surface area (Å²) in [6, 6.07) is 16.9. The number of nitrogens with zero attached hydrogens (tertiary/aromatic N) is 2. The van der Waals surface area contributed by atoms with Gasteiger partial charge in [0.2, 0.25) is 0 Å². The van der Waals surface area contributed by atoms with E-state index in [2.05, 4.69) is 0 Å². The Morgan fingerprint density at radius 2 is 1.76 bits per heavy atom. The highest BCUT2D eigenvalue weighted by atomic mass is 16.5. The minimum absolute atomic E-state index is 0.119. The zero-order valence-corrected chi connectivity index (χ0v) is 19.6. The number of benzene rings is 2. The van der Waals surface area contributed by atoms with Crippen molar-refractivity contribution in [1.29, 1.82) is 0 Å². The molecule has 3 aliphatic rings. The first-order valence-corrected chi connectivity index (χ1v) is 12.0. The van der Waals surface area contributed by atoms with Crippen molar-refractivity contribution in [2.45, 2.75) is 38.1 Å². The number of esters is 1. The van der Waals surface area contributed by atoms with Crippen LogP contribution in [0.25, 0.3) is 0 Å². The van der Waals surface area contributed by atoms with Crippen LogP contribution in [0.1, 0.15) is 38.2 Å². The average molecular weight is 463 g/mol. The van der Waals surface area contributed by atoms with Crippen LogP contribution in [0.4, 0.5) is 5.69 Å². The van der Waals surface area contributed by atoms with Crippen LogP contribution in [-0.4, -0.2) is 54.5 Å². The molecule has 3 atom stereocenters. The van der Waals surface area contributed by atoms with Crippen LogP contribution in [0.15, 0.2) is 54.6 Å². The molecule has 34 heavy (non-hydrogen) atoms. The van der Waals surface area contributed by atoms with Crippen LogP contribution in [0, 0.1) is 11.8 Å². The summed E-state index contributed by atoms with van der Waals surface area (Å²) in [5.74, 6) is -0.883. The summed E-state index contributed by atoms with van der Waals surface area (Å²) in [5.41, 5.74) is 0.561. The van der Waals surface area contributed by atoms with E-state index in [1.165, 1.54) is 0 Å². The highest BCUT2D eigenvalue weighted by molar-refractivity contribution is 6.07.